The Morgan fingerprint density at radius 2 is 2.20 bits per heavy atom. The number of halogens is 1. The monoisotopic (exact) mass is 298 g/mol. The van der Waals surface area contributed by atoms with Crippen molar-refractivity contribution in [3.8, 4) is 0 Å². The Hall–Kier alpha value is -1.66. The molecule has 1 amide bonds. The molecular formula is C13H15ClN2O4. The van der Waals surface area contributed by atoms with E-state index in [9.17, 15) is 20.0 Å². The van der Waals surface area contributed by atoms with Crippen molar-refractivity contribution in [2.75, 3.05) is 13.6 Å². The fourth-order valence-corrected chi connectivity index (χ4v) is 2.58. The summed E-state index contributed by atoms with van der Waals surface area (Å²) in [4.78, 5) is 23.8. The van der Waals surface area contributed by atoms with Crippen LogP contribution in [-0.4, -0.2) is 40.5 Å². The molecule has 1 fully saturated rings. The maximum absolute atomic E-state index is 12.2. The molecule has 108 valence electrons. The average Bonchev–Trinajstić information content (AvgIpc) is 2.35. The third kappa shape index (κ3) is 3.08. The van der Waals surface area contributed by atoms with Gasteiger partial charge < -0.3 is 10.0 Å². The molecule has 20 heavy (non-hydrogen) atoms. The molecule has 1 saturated carbocycles. The maximum Gasteiger partial charge on any atom is 0.287 e. The first-order valence-corrected chi connectivity index (χ1v) is 6.63. The topological polar surface area (TPSA) is 83.7 Å². The molecule has 7 heteroatoms. The highest BCUT2D eigenvalue weighted by Gasteiger charge is 2.29. The summed E-state index contributed by atoms with van der Waals surface area (Å²) in [7, 11) is 1.67. The molecule has 0 aromatic heterocycles. The normalized spacial score (nSPS) is 21.1. The lowest BCUT2D eigenvalue weighted by Crippen LogP contribution is -2.39. The van der Waals surface area contributed by atoms with Gasteiger partial charge in [0.1, 0.15) is 5.02 Å². The SMILES string of the molecule is CN(CC1CC(O)C1)C(=O)c1ccc([N+](=O)[O-])c(Cl)c1. The smallest absolute Gasteiger partial charge is 0.287 e. The van der Waals surface area contributed by atoms with Gasteiger partial charge in [-0.2, -0.15) is 0 Å². The Balaban J connectivity index is 2.05. The molecule has 1 aromatic rings. The van der Waals surface area contributed by atoms with Crippen LogP contribution in [0.2, 0.25) is 5.02 Å². The van der Waals surface area contributed by atoms with Crippen LogP contribution in [0.1, 0.15) is 23.2 Å². The Morgan fingerprint density at radius 1 is 1.55 bits per heavy atom. The Bertz CT molecular complexity index is 543. The van der Waals surface area contributed by atoms with Crippen LogP contribution in [0.25, 0.3) is 0 Å². The number of hydrogen-bond acceptors (Lipinski definition) is 4. The number of nitro benzene ring substituents is 1. The predicted octanol–water partition coefficient (Wildman–Crippen LogP) is 2.09. The maximum atomic E-state index is 12.2. The second-order valence-electron chi connectivity index (χ2n) is 5.10. The Morgan fingerprint density at radius 3 is 2.70 bits per heavy atom. The summed E-state index contributed by atoms with van der Waals surface area (Å²) >= 11 is 5.79. The minimum atomic E-state index is -0.587. The van der Waals surface area contributed by atoms with E-state index < -0.39 is 4.92 Å². The molecule has 0 saturated heterocycles. The quantitative estimate of drug-likeness (QED) is 0.681. The molecule has 0 heterocycles. The van der Waals surface area contributed by atoms with Gasteiger partial charge in [0.15, 0.2) is 0 Å². The molecule has 1 aliphatic rings. The first-order chi connectivity index (χ1) is 9.38. The molecule has 1 N–H and O–H groups in total. The van der Waals surface area contributed by atoms with Gasteiger partial charge in [0.25, 0.3) is 11.6 Å². The molecule has 0 spiro atoms. The van der Waals surface area contributed by atoms with E-state index in [1.54, 1.807) is 11.9 Å². The summed E-state index contributed by atoms with van der Waals surface area (Å²) in [5.74, 6) is 0.0793. The van der Waals surface area contributed by atoms with Crippen molar-refractivity contribution in [1.82, 2.24) is 4.90 Å². The van der Waals surface area contributed by atoms with Crippen LogP contribution in [-0.2, 0) is 0 Å². The van der Waals surface area contributed by atoms with Gasteiger partial charge in [0.2, 0.25) is 0 Å². The van der Waals surface area contributed by atoms with Crippen molar-refractivity contribution < 1.29 is 14.8 Å². The zero-order valence-corrected chi connectivity index (χ0v) is 11.7. The highest BCUT2D eigenvalue weighted by Crippen LogP contribution is 2.29. The minimum absolute atomic E-state index is 0.0479. The zero-order chi connectivity index (χ0) is 14.9. The van der Waals surface area contributed by atoms with Gasteiger partial charge in [-0.05, 0) is 30.9 Å². The second kappa shape index (κ2) is 5.76. The number of hydrogen-bond donors (Lipinski definition) is 1. The number of nitrogens with zero attached hydrogens (tertiary/aromatic N) is 2. The molecule has 1 aromatic carbocycles. The summed E-state index contributed by atoms with van der Waals surface area (Å²) in [5.41, 5.74) is 0.107. The largest absolute Gasteiger partial charge is 0.393 e. The van der Waals surface area contributed by atoms with E-state index in [0.29, 0.717) is 30.9 Å². The molecule has 1 aliphatic carbocycles. The summed E-state index contributed by atoms with van der Waals surface area (Å²) in [6.07, 6.45) is 1.16. The van der Waals surface area contributed by atoms with E-state index in [-0.39, 0.29) is 22.7 Å². The standard InChI is InChI=1S/C13H15ClN2O4/c1-15(7-8-4-10(17)5-8)13(18)9-2-3-12(16(19)20)11(14)6-9/h2-3,6,8,10,17H,4-5,7H2,1H3. The molecular weight excluding hydrogens is 284 g/mol. The van der Waals surface area contributed by atoms with Gasteiger partial charge in [-0.1, -0.05) is 11.6 Å². The Kier molecular flexibility index (Phi) is 4.25. The molecule has 0 bridgehead atoms. The molecule has 0 radical (unpaired) electrons. The van der Waals surface area contributed by atoms with Crippen LogP contribution in [0.4, 0.5) is 5.69 Å². The lowest BCUT2D eigenvalue weighted by Gasteiger charge is -2.34. The van der Waals surface area contributed by atoms with Gasteiger partial charge in [0, 0.05) is 25.2 Å². The highest BCUT2D eigenvalue weighted by atomic mass is 35.5. The van der Waals surface area contributed by atoms with E-state index in [1.807, 2.05) is 0 Å². The van der Waals surface area contributed by atoms with Gasteiger partial charge >= 0.3 is 0 Å². The third-order valence-electron chi connectivity index (χ3n) is 3.48. The van der Waals surface area contributed by atoms with Crippen molar-refractivity contribution in [2.24, 2.45) is 5.92 Å². The van der Waals surface area contributed by atoms with Crippen LogP contribution >= 0.6 is 11.6 Å². The van der Waals surface area contributed by atoms with Gasteiger partial charge in [-0.3, -0.25) is 14.9 Å². The van der Waals surface area contributed by atoms with E-state index in [1.165, 1.54) is 18.2 Å². The van der Waals surface area contributed by atoms with Gasteiger partial charge in [-0.25, -0.2) is 0 Å². The molecule has 0 atom stereocenters. The van der Waals surface area contributed by atoms with E-state index in [4.69, 9.17) is 11.6 Å². The lowest BCUT2D eigenvalue weighted by molar-refractivity contribution is -0.384. The van der Waals surface area contributed by atoms with Crippen molar-refractivity contribution in [3.63, 3.8) is 0 Å². The Labute approximate surface area is 121 Å². The first kappa shape index (κ1) is 14.7. The summed E-state index contributed by atoms with van der Waals surface area (Å²) in [6, 6.07) is 3.95. The number of benzene rings is 1. The van der Waals surface area contributed by atoms with Gasteiger partial charge in [0.05, 0.1) is 11.0 Å². The van der Waals surface area contributed by atoms with Crippen LogP contribution in [0, 0.1) is 16.0 Å². The summed E-state index contributed by atoms with van der Waals surface area (Å²) in [6.45, 7) is 0.560. The average molecular weight is 299 g/mol. The van der Waals surface area contributed by atoms with Crippen molar-refractivity contribution in [2.45, 2.75) is 18.9 Å². The van der Waals surface area contributed by atoms with Crippen LogP contribution < -0.4 is 0 Å². The number of aliphatic hydroxyl groups is 1. The summed E-state index contributed by atoms with van der Waals surface area (Å²) in [5, 5.41) is 19.8. The van der Waals surface area contributed by atoms with Crippen molar-refractivity contribution in [3.05, 3.63) is 38.9 Å². The lowest BCUT2D eigenvalue weighted by atomic mass is 9.82. The molecule has 2 rings (SSSR count). The van der Waals surface area contributed by atoms with Gasteiger partial charge in [-0.15, -0.1) is 0 Å². The van der Waals surface area contributed by atoms with Crippen LogP contribution in [0.5, 0.6) is 0 Å². The zero-order valence-electron chi connectivity index (χ0n) is 11.0. The van der Waals surface area contributed by atoms with E-state index in [2.05, 4.69) is 0 Å². The second-order valence-corrected chi connectivity index (χ2v) is 5.51. The number of carbonyl (C=O) groups is 1. The van der Waals surface area contributed by atoms with Crippen molar-refractivity contribution >= 4 is 23.2 Å². The van der Waals surface area contributed by atoms with E-state index in [0.717, 1.165) is 0 Å². The predicted molar refractivity (Wildman–Crippen MR) is 73.8 cm³/mol. The summed E-state index contributed by atoms with van der Waals surface area (Å²) < 4.78 is 0. The molecule has 6 nitrogen and oxygen atoms in total. The van der Waals surface area contributed by atoms with Crippen LogP contribution in [0.15, 0.2) is 18.2 Å². The van der Waals surface area contributed by atoms with Crippen LogP contribution in [0.3, 0.4) is 0 Å². The number of aliphatic hydroxyl groups excluding tert-OH is 1. The number of carbonyl (C=O) groups excluding carboxylic acids is 1. The number of nitro groups is 1. The van der Waals surface area contributed by atoms with Crippen molar-refractivity contribution in [1.29, 1.82) is 0 Å². The number of amides is 1. The fraction of sp³-hybridized carbons (Fsp3) is 0.462. The highest BCUT2D eigenvalue weighted by molar-refractivity contribution is 6.33. The number of rotatable bonds is 4. The van der Waals surface area contributed by atoms with E-state index >= 15 is 0 Å². The first-order valence-electron chi connectivity index (χ1n) is 6.26. The third-order valence-corrected chi connectivity index (χ3v) is 3.78. The minimum Gasteiger partial charge on any atom is -0.393 e. The molecule has 0 aliphatic heterocycles. The molecule has 0 unspecified atom stereocenters. The fourth-order valence-electron chi connectivity index (χ4n) is 2.33.